The SMILES string of the molecule is CC(O)CNC(=O)C(=O)Nc1ccc2c(c1)OCO2.COc1ccccc1NC(=O)C(=O)NCCO.Cc1ccc(Cl)cc1NC(=O)C(=O)NCCCO.Cc1ccccc1NC(=O)C(=O)NCCO.O=C(NCCO)C(=O)Nc1cccc(F)c1. The molecule has 30 heteroatoms. The summed E-state index contributed by atoms with van der Waals surface area (Å²) in [6.07, 6.45) is -0.294. The van der Waals surface area contributed by atoms with Gasteiger partial charge in [-0.25, -0.2) is 4.39 Å². The molecule has 1 aliphatic heterocycles. The number of halogens is 2. The average Bonchev–Trinajstić information content (AvgIpc) is 4.10. The first-order valence-corrected chi connectivity index (χ1v) is 26.1. The molecule has 0 saturated carbocycles. The van der Waals surface area contributed by atoms with Crippen LogP contribution in [0.4, 0.5) is 32.8 Å². The molecule has 15 N–H and O–H groups in total. The second-order valence-electron chi connectivity index (χ2n) is 17.2. The predicted molar refractivity (Wildman–Crippen MR) is 312 cm³/mol. The number of benzene rings is 5. The lowest BCUT2D eigenvalue weighted by molar-refractivity contribution is -0.136. The topological polar surface area (TPSA) is 420 Å². The molecule has 5 aromatic carbocycles. The molecular formula is C56H68ClFN10O18. The highest BCUT2D eigenvalue weighted by molar-refractivity contribution is 6.41. The molecule has 0 radical (unpaired) electrons. The van der Waals surface area contributed by atoms with Crippen LogP contribution in [0.5, 0.6) is 17.2 Å². The van der Waals surface area contributed by atoms with Gasteiger partial charge in [-0.05, 0) is 99.0 Å². The van der Waals surface area contributed by atoms with Crippen LogP contribution in [0.1, 0.15) is 24.5 Å². The van der Waals surface area contributed by atoms with Crippen molar-refractivity contribution >= 4 is 99.1 Å². The van der Waals surface area contributed by atoms with E-state index in [0.717, 1.165) is 17.2 Å². The molecule has 1 atom stereocenters. The Labute approximate surface area is 497 Å². The van der Waals surface area contributed by atoms with Crippen LogP contribution in [0, 0.1) is 19.7 Å². The maximum atomic E-state index is 12.7. The van der Waals surface area contributed by atoms with Gasteiger partial charge in [0.05, 0.1) is 38.7 Å². The number of anilines is 5. The minimum Gasteiger partial charge on any atom is -0.495 e. The van der Waals surface area contributed by atoms with Crippen molar-refractivity contribution in [1.29, 1.82) is 0 Å². The summed E-state index contributed by atoms with van der Waals surface area (Å²) in [6, 6.07) is 29.0. The number of carbonyl (C=O) groups is 10. The molecule has 10 amide bonds. The second-order valence-corrected chi connectivity index (χ2v) is 17.6. The van der Waals surface area contributed by atoms with E-state index in [0.29, 0.717) is 51.4 Å². The molecule has 0 aliphatic carbocycles. The monoisotopic (exact) mass is 1220 g/mol. The minimum absolute atomic E-state index is 0.00456. The number of para-hydroxylation sites is 3. The molecule has 0 bridgehead atoms. The molecule has 86 heavy (non-hydrogen) atoms. The van der Waals surface area contributed by atoms with E-state index in [1.54, 1.807) is 79.7 Å². The van der Waals surface area contributed by atoms with Crippen LogP contribution in [0.2, 0.25) is 5.02 Å². The minimum atomic E-state index is -0.904. The first-order valence-electron chi connectivity index (χ1n) is 25.7. The fourth-order valence-electron chi connectivity index (χ4n) is 6.07. The average molecular weight is 1220 g/mol. The van der Waals surface area contributed by atoms with Crippen LogP contribution in [-0.4, -0.2) is 164 Å². The third-order valence-corrected chi connectivity index (χ3v) is 10.5. The Kier molecular flexibility index (Phi) is 34.0. The highest BCUT2D eigenvalue weighted by Gasteiger charge is 2.20. The van der Waals surface area contributed by atoms with E-state index in [-0.39, 0.29) is 71.6 Å². The lowest BCUT2D eigenvalue weighted by atomic mass is 10.2. The predicted octanol–water partition coefficient (Wildman–Crippen LogP) is 0.593. The van der Waals surface area contributed by atoms with Gasteiger partial charge in [-0.1, -0.05) is 54.1 Å². The van der Waals surface area contributed by atoms with Gasteiger partial charge in [0.15, 0.2) is 11.5 Å². The number of aliphatic hydroxyl groups is 5. The largest absolute Gasteiger partial charge is 0.495 e. The molecule has 0 aromatic heterocycles. The molecular weight excluding hydrogens is 1160 g/mol. The molecule has 6 rings (SSSR count). The Morgan fingerprint density at radius 3 is 1.49 bits per heavy atom. The Morgan fingerprint density at radius 1 is 0.500 bits per heavy atom. The molecule has 0 fully saturated rings. The number of aryl methyl sites for hydroxylation is 2. The van der Waals surface area contributed by atoms with Crippen LogP contribution in [0.25, 0.3) is 0 Å². The van der Waals surface area contributed by atoms with Gasteiger partial charge in [-0.2, -0.15) is 0 Å². The quantitative estimate of drug-likeness (QED) is 0.0447. The summed E-state index contributed by atoms with van der Waals surface area (Å²) in [7, 11) is 1.47. The number of carbonyl (C=O) groups excluding carboxylic acids is 10. The van der Waals surface area contributed by atoms with Crippen LogP contribution < -0.4 is 67.4 Å². The number of ether oxygens (including phenoxy) is 3. The summed E-state index contributed by atoms with van der Waals surface area (Å²) in [5, 5.41) is 66.9. The van der Waals surface area contributed by atoms with Crippen molar-refractivity contribution in [2.24, 2.45) is 0 Å². The van der Waals surface area contributed by atoms with E-state index in [9.17, 15) is 52.3 Å². The van der Waals surface area contributed by atoms with Gasteiger partial charge < -0.3 is 92.9 Å². The maximum Gasteiger partial charge on any atom is 0.313 e. The van der Waals surface area contributed by atoms with Crippen molar-refractivity contribution in [3.63, 3.8) is 0 Å². The van der Waals surface area contributed by atoms with Crippen molar-refractivity contribution in [2.75, 3.05) is 99.6 Å². The summed E-state index contributed by atoms with van der Waals surface area (Å²) in [5.74, 6) is -6.90. The number of aliphatic hydroxyl groups excluding tert-OH is 5. The Morgan fingerprint density at radius 2 is 0.965 bits per heavy atom. The summed E-state index contributed by atoms with van der Waals surface area (Å²) in [5.41, 5.74) is 3.85. The molecule has 28 nitrogen and oxygen atoms in total. The van der Waals surface area contributed by atoms with Crippen molar-refractivity contribution in [3.8, 4) is 17.2 Å². The van der Waals surface area contributed by atoms with Gasteiger partial charge in [0.25, 0.3) is 0 Å². The van der Waals surface area contributed by atoms with E-state index in [1.807, 2.05) is 19.1 Å². The first kappa shape index (κ1) is 72.3. The normalized spacial score (nSPS) is 10.6. The van der Waals surface area contributed by atoms with E-state index >= 15 is 0 Å². The summed E-state index contributed by atoms with van der Waals surface area (Å²) in [6.45, 7) is 4.98. The van der Waals surface area contributed by atoms with Gasteiger partial charge in [-0.3, -0.25) is 47.9 Å². The van der Waals surface area contributed by atoms with Gasteiger partial charge in [0.2, 0.25) is 6.79 Å². The number of methoxy groups -OCH3 is 1. The summed E-state index contributed by atoms with van der Waals surface area (Å²) < 4.78 is 28.0. The van der Waals surface area contributed by atoms with Gasteiger partial charge >= 0.3 is 59.1 Å². The molecule has 0 saturated heterocycles. The number of fused-ring (bicyclic) bond motifs is 1. The lowest BCUT2D eigenvalue weighted by Crippen LogP contribution is -2.38. The van der Waals surface area contributed by atoms with Crippen LogP contribution in [-0.2, 0) is 47.9 Å². The maximum absolute atomic E-state index is 12.7. The first-order chi connectivity index (χ1) is 41.1. The second kappa shape index (κ2) is 40.4. The smallest absolute Gasteiger partial charge is 0.313 e. The molecule has 1 heterocycles. The fraction of sp³-hybridized carbons (Fsp3) is 0.286. The molecule has 1 unspecified atom stereocenters. The Balaban J connectivity index is 0.000000367. The van der Waals surface area contributed by atoms with Crippen molar-refractivity contribution in [1.82, 2.24) is 26.6 Å². The number of amides is 10. The Bertz CT molecular complexity index is 3080. The van der Waals surface area contributed by atoms with Crippen LogP contribution >= 0.6 is 11.6 Å². The standard InChI is InChI=1S/C12H15ClN2O3.C12H14N2O5.C11H14N2O4.C11H14N2O3.C10H11FN2O3/c1-8-3-4-9(13)7-10(8)15-12(18)11(17)14-5-2-6-16;1-7(15)5-13-11(16)12(17)14-8-2-3-9-10(4-8)19-6-18-9;1-17-9-5-3-2-4-8(9)13-11(16)10(15)12-6-7-14;1-8-4-2-3-5-9(8)13-11(16)10(15)12-6-7-14;11-7-2-1-3-8(6-7)13-10(16)9(15)12-4-5-14/h3-4,7,16H,2,5-6H2,1H3,(H,14,17)(H,15,18);2-4,7,15H,5-6H2,1H3,(H,13,16)(H,14,17);2-5,14H,6-7H2,1H3,(H,12,15)(H,13,16);2-5,14H,6-7H2,1H3,(H,12,15)(H,13,16);1-3,6,14H,4-5H2,(H,12,15)(H,13,16). The third-order valence-electron chi connectivity index (χ3n) is 10.3. The zero-order valence-electron chi connectivity index (χ0n) is 47.0. The molecule has 464 valence electrons. The summed E-state index contributed by atoms with van der Waals surface area (Å²) in [4.78, 5) is 113. The van der Waals surface area contributed by atoms with E-state index in [1.165, 1.54) is 32.2 Å². The summed E-state index contributed by atoms with van der Waals surface area (Å²) >= 11 is 5.80. The highest BCUT2D eigenvalue weighted by atomic mass is 35.5. The molecule has 5 aromatic rings. The zero-order chi connectivity index (χ0) is 64.0. The van der Waals surface area contributed by atoms with Crippen molar-refractivity contribution < 1.29 is 92.1 Å². The number of hydrogen-bond acceptors (Lipinski definition) is 18. The van der Waals surface area contributed by atoms with Crippen LogP contribution in [0.15, 0.2) is 109 Å². The van der Waals surface area contributed by atoms with Gasteiger partial charge in [0.1, 0.15) is 11.6 Å². The van der Waals surface area contributed by atoms with E-state index < -0.39 is 71.0 Å². The highest BCUT2D eigenvalue weighted by Crippen LogP contribution is 2.34. The fourth-order valence-corrected chi connectivity index (χ4v) is 6.25. The molecule has 0 spiro atoms. The lowest BCUT2D eigenvalue weighted by Gasteiger charge is -2.09. The zero-order valence-corrected chi connectivity index (χ0v) is 47.8. The number of rotatable bonds is 17. The van der Waals surface area contributed by atoms with Crippen molar-refractivity contribution in [3.05, 3.63) is 131 Å². The third kappa shape index (κ3) is 28.5. The Hall–Kier alpha value is -9.78. The van der Waals surface area contributed by atoms with Gasteiger partial charge in [-0.15, -0.1) is 0 Å². The number of hydrogen-bond donors (Lipinski definition) is 15. The van der Waals surface area contributed by atoms with E-state index in [4.69, 9.17) is 51.3 Å². The van der Waals surface area contributed by atoms with Crippen molar-refractivity contribution in [2.45, 2.75) is 33.3 Å². The van der Waals surface area contributed by atoms with E-state index in [2.05, 4.69) is 53.2 Å². The van der Waals surface area contributed by atoms with Crippen LogP contribution in [0.3, 0.4) is 0 Å². The van der Waals surface area contributed by atoms with Gasteiger partial charge in [0, 0.05) is 73.2 Å². The molecule has 1 aliphatic rings. The number of nitrogens with one attached hydrogen (secondary N) is 10.